The number of carbonyl (C=O) groups is 1. The molecule has 0 aromatic carbocycles. The molecule has 0 bridgehead atoms. The third kappa shape index (κ3) is 2.44. The molecule has 20 heavy (non-hydrogen) atoms. The maximum absolute atomic E-state index is 12.2. The van der Waals surface area contributed by atoms with Crippen LogP contribution in [0, 0.1) is 0 Å². The van der Waals surface area contributed by atoms with Crippen LogP contribution in [-0.4, -0.2) is 20.6 Å². The lowest BCUT2D eigenvalue weighted by Crippen LogP contribution is -2.28. The molecule has 1 saturated carbocycles. The van der Waals surface area contributed by atoms with Crippen molar-refractivity contribution in [3.63, 3.8) is 0 Å². The molecule has 1 fully saturated rings. The predicted octanol–water partition coefficient (Wildman–Crippen LogP) is 1.88. The van der Waals surface area contributed by atoms with Crippen LogP contribution in [0.2, 0.25) is 0 Å². The number of anilines is 1. The van der Waals surface area contributed by atoms with Crippen LogP contribution < -0.4 is 10.9 Å². The van der Waals surface area contributed by atoms with Gasteiger partial charge in [-0.15, -0.1) is 11.3 Å². The van der Waals surface area contributed by atoms with Crippen LogP contribution >= 0.6 is 11.3 Å². The van der Waals surface area contributed by atoms with Crippen LogP contribution in [0.5, 0.6) is 0 Å². The summed E-state index contributed by atoms with van der Waals surface area (Å²) in [7, 11) is 0. The average Bonchev–Trinajstić information content (AvgIpc) is 3.12. The van der Waals surface area contributed by atoms with Gasteiger partial charge in [-0.2, -0.15) is 0 Å². The van der Waals surface area contributed by atoms with Crippen molar-refractivity contribution in [2.75, 3.05) is 5.32 Å². The van der Waals surface area contributed by atoms with Gasteiger partial charge in [0.05, 0.1) is 0 Å². The molecule has 2 aromatic rings. The van der Waals surface area contributed by atoms with Gasteiger partial charge in [0.1, 0.15) is 0 Å². The van der Waals surface area contributed by atoms with Crippen molar-refractivity contribution in [3.8, 4) is 0 Å². The van der Waals surface area contributed by atoms with Gasteiger partial charge in [0.25, 0.3) is 5.56 Å². The maximum Gasteiger partial charge on any atom is 0.331 e. The number of nitrogens with zero attached hydrogens (tertiary/aromatic N) is 2. The minimum atomic E-state index is -1.03. The molecule has 1 aliphatic rings. The van der Waals surface area contributed by atoms with Crippen LogP contribution in [0.3, 0.4) is 0 Å². The Hall–Kier alpha value is -2.15. The molecule has 0 radical (unpaired) electrons. The van der Waals surface area contributed by atoms with E-state index in [1.54, 1.807) is 28.3 Å². The van der Waals surface area contributed by atoms with Gasteiger partial charge < -0.3 is 15.0 Å². The van der Waals surface area contributed by atoms with Crippen molar-refractivity contribution in [1.29, 1.82) is 0 Å². The van der Waals surface area contributed by atoms with Crippen LogP contribution in [-0.2, 0) is 4.79 Å². The van der Waals surface area contributed by atoms with Crippen molar-refractivity contribution in [2.24, 2.45) is 0 Å². The van der Waals surface area contributed by atoms with Crippen LogP contribution in [0.25, 0.3) is 0 Å². The van der Waals surface area contributed by atoms with Gasteiger partial charge in [0.2, 0.25) is 0 Å². The lowest BCUT2D eigenvalue weighted by Gasteiger charge is -2.14. The monoisotopic (exact) mass is 291 g/mol. The highest BCUT2D eigenvalue weighted by atomic mass is 32.1. The number of hydrogen-bond acceptors (Lipinski definition) is 5. The summed E-state index contributed by atoms with van der Waals surface area (Å²) in [5.74, 6) is -0.948. The maximum atomic E-state index is 12.2. The number of rotatable bonds is 5. The van der Waals surface area contributed by atoms with Crippen molar-refractivity contribution in [3.05, 3.63) is 45.1 Å². The molecular weight excluding hydrogens is 278 g/mol. The largest absolute Gasteiger partial charge is 0.479 e. The van der Waals surface area contributed by atoms with E-state index in [-0.39, 0.29) is 17.4 Å². The third-order valence-corrected chi connectivity index (χ3v) is 4.10. The first-order valence-electron chi connectivity index (χ1n) is 6.26. The van der Waals surface area contributed by atoms with E-state index in [4.69, 9.17) is 0 Å². The summed E-state index contributed by atoms with van der Waals surface area (Å²) < 4.78 is 1.61. The molecule has 0 amide bonds. The zero-order valence-electron chi connectivity index (χ0n) is 10.5. The van der Waals surface area contributed by atoms with E-state index in [0.29, 0.717) is 4.88 Å². The van der Waals surface area contributed by atoms with Gasteiger partial charge >= 0.3 is 5.97 Å². The molecule has 104 valence electrons. The molecule has 2 aromatic heterocycles. The minimum absolute atomic E-state index is 0.0835. The average molecular weight is 291 g/mol. The first kappa shape index (κ1) is 12.9. The lowest BCUT2D eigenvalue weighted by atomic mass is 10.2. The van der Waals surface area contributed by atoms with Crippen molar-refractivity contribution in [2.45, 2.75) is 24.9 Å². The molecule has 1 unspecified atom stereocenters. The van der Waals surface area contributed by atoms with Crippen LogP contribution in [0.15, 0.2) is 34.7 Å². The van der Waals surface area contributed by atoms with Gasteiger partial charge in [-0.25, -0.2) is 9.78 Å². The lowest BCUT2D eigenvalue weighted by molar-refractivity contribution is -0.138. The summed E-state index contributed by atoms with van der Waals surface area (Å²) in [4.78, 5) is 28.2. The summed E-state index contributed by atoms with van der Waals surface area (Å²) in [6.45, 7) is 0. The van der Waals surface area contributed by atoms with E-state index in [9.17, 15) is 14.7 Å². The van der Waals surface area contributed by atoms with Gasteiger partial charge in [-0.1, -0.05) is 6.07 Å². The first-order valence-corrected chi connectivity index (χ1v) is 7.14. The van der Waals surface area contributed by atoms with Crippen molar-refractivity contribution in [1.82, 2.24) is 9.55 Å². The standard InChI is InChI=1S/C13H13N3O3S/c17-12-11(14-5-6-16(12)8-3-4-8)15-10(13(18)19)9-2-1-7-20-9/h1-2,5-8,10H,3-4H2,(H,14,15)(H,18,19). The minimum Gasteiger partial charge on any atom is -0.479 e. The van der Waals surface area contributed by atoms with E-state index in [0.717, 1.165) is 12.8 Å². The van der Waals surface area contributed by atoms with E-state index >= 15 is 0 Å². The molecule has 0 saturated heterocycles. The number of thiophene rings is 1. The second-order valence-electron chi connectivity index (χ2n) is 4.65. The predicted molar refractivity (Wildman–Crippen MR) is 75.1 cm³/mol. The Morgan fingerprint density at radius 1 is 1.55 bits per heavy atom. The Bertz CT molecular complexity index is 676. The number of hydrogen-bond donors (Lipinski definition) is 2. The fraction of sp³-hybridized carbons (Fsp3) is 0.308. The zero-order chi connectivity index (χ0) is 14.1. The van der Waals surface area contributed by atoms with Crippen LogP contribution in [0.1, 0.15) is 29.8 Å². The van der Waals surface area contributed by atoms with Gasteiger partial charge in [-0.3, -0.25) is 4.79 Å². The summed E-state index contributed by atoms with van der Waals surface area (Å²) in [6.07, 6.45) is 5.13. The molecule has 3 rings (SSSR count). The summed E-state index contributed by atoms with van der Waals surface area (Å²) >= 11 is 1.33. The number of carboxylic acids is 1. The summed E-state index contributed by atoms with van der Waals surface area (Å²) in [5, 5.41) is 13.8. The molecule has 1 atom stereocenters. The highest BCUT2D eigenvalue weighted by Crippen LogP contribution is 2.33. The summed E-state index contributed by atoms with van der Waals surface area (Å²) in [5.41, 5.74) is -0.266. The van der Waals surface area contributed by atoms with E-state index in [1.165, 1.54) is 17.5 Å². The van der Waals surface area contributed by atoms with Crippen LogP contribution in [0.4, 0.5) is 5.82 Å². The number of aliphatic carboxylic acids is 1. The van der Waals surface area contributed by atoms with Gasteiger partial charge in [0.15, 0.2) is 11.9 Å². The molecule has 0 spiro atoms. The molecule has 1 aliphatic carbocycles. The smallest absolute Gasteiger partial charge is 0.331 e. The van der Waals surface area contributed by atoms with Gasteiger partial charge in [0, 0.05) is 23.3 Å². The Morgan fingerprint density at radius 2 is 2.35 bits per heavy atom. The molecule has 6 nitrogen and oxygen atoms in total. The Labute approximate surface area is 118 Å². The molecular formula is C13H13N3O3S. The SMILES string of the molecule is O=C(O)C(Nc1nccn(C2CC2)c1=O)c1cccs1. The third-order valence-electron chi connectivity index (χ3n) is 3.16. The molecule has 2 N–H and O–H groups in total. The van der Waals surface area contributed by atoms with Crippen molar-refractivity contribution < 1.29 is 9.90 Å². The molecule has 7 heteroatoms. The second-order valence-corrected chi connectivity index (χ2v) is 5.63. The van der Waals surface area contributed by atoms with E-state index in [2.05, 4.69) is 10.3 Å². The normalized spacial score (nSPS) is 15.8. The number of carboxylic acid groups (broad SMARTS) is 1. The fourth-order valence-electron chi connectivity index (χ4n) is 2.01. The Balaban J connectivity index is 1.91. The number of nitrogens with one attached hydrogen (secondary N) is 1. The Morgan fingerprint density at radius 3 is 2.95 bits per heavy atom. The van der Waals surface area contributed by atoms with E-state index in [1.807, 2.05) is 0 Å². The first-order chi connectivity index (χ1) is 9.66. The fourth-order valence-corrected chi connectivity index (χ4v) is 2.78. The highest BCUT2D eigenvalue weighted by molar-refractivity contribution is 7.10. The van der Waals surface area contributed by atoms with E-state index < -0.39 is 12.0 Å². The number of aromatic nitrogens is 2. The quantitative estimate of drug-likeness (QED) is 0.878. The highest BCUT2D eigenvalue weighted by Gasteiger charge is 2.27. The molecule has 2 heterocycles. The topological polar surface area (TPSA) is 84.2 Å². The Kier molecular flexibility index (Phi) is 3.27. The van der Waals surface area contributed by atoms with Gasteiger partial charge in [-0.05, 0) is 24.3 Å². The second kappa shape index (κ2) is 5.09. The zero-order valence-corrected chi connectivity index (χ0v) is 11.3. The molecule has 0 aliphatic heterocycles. The summed E-state index contributed by atoms with van der Waals surface area (Å²) in [6, 6.07) is 2.78. The van der Waals surface area contributed by atoms with Crippen molar-refractivity contribution >= 4 is 23.1 Å².